The molecule has 0 atom stereocenters. The third-order valence-electron chi connectivity index (χ3n) is 4.87. The number of carbonyl (C=O) groups excluding carboxylic acids is 1. The molecule has 3 heterocycles. The predicted molar refractivity (Wildman–Crippen MR) is 108 cm³/mol. The predicted octanol–water partition coefficient (Wildman–Crippen LogP) is 2.88. The first-order chi connectivity index (χ1) is 14.0. The van der Waals surface area contributed by atoms with Crippen LogP contribution in [0.15, 0.2) is 23.7 Å². The number of aliphatic hydroxyl groups is 1. The van der Waals surface area contributed by atoms with Gasteiger partial charge in [0.1, 0.15) is 0 Å². The standard InChI is InChI=1S/C20H21N5O3S/c1-12(2)28-20(27)23-24-7-15-14-5-13(6-21)3-4-17(14)25(18(15)8-24)9-19-16(10-26)22-11-29-19/h3-5,11-12,26H,7-10H2,1-2H3,(H,23,27). The summed E-state index contributed by atoms with van der Waals surface area (Å²) in [5.74, 6) is 0. The molecule has 2 N–H and O–H groups in total. The van der Waals surface area contributed by atoms with Crippen LogP contribution in [0, 0.1) is 11.3 Å². The number of thiazole rings is 1. The van der Waals surface area contributed by atoms with Crippen LogP contribution in [0.25, 0.3) is 10.9 Å². The van der Waals surface area contributed by atoms with Crippen LogP contribution in [0.2, 0.25) is 0 Å². The van der Waals surface area contributed by atoms with Crippen LogP contribution in [0.3, 0.4) is 0 Å². The number of aromatic nitrogens is 2. The number of rotatable bonds is 5. The summed E-state index contributed by atoms with van der Waals surface area (Å²) < 4.78 is 7.36. The maximum atomic E-state index is 12.0. The second-order valence-electron chi connectivity index (χ2n) is 7.16. The van der Waals surface area contributed by atoms with Gasteiger partial charge in [0.15, 0.2) is 0 Å². The normalized spacial score (nSPS) is 13.6. The molecule has 150 valence electrons. The number of hydrogen-bond acceptors (Lipinski definition) is 7. The van der Waals surface area contributed by atoms with E-state index in [-0.39, 0.29) is 12.7 Å². The zero-order valence-corrected chi connectivity index (χ0v) is 17.0. The van der Waals surface area contributed by atoms with Gasteiger partial charge in [-0.25, -0.2) is 14.8 Å². The summed E-state index contributed by atoms with van der Waals surface area (Å²) in [4.78, 5) is 17.2. The highest BCUT2D eigenvalue weighted by Crippen LogP contribution is 2.34. The minimum Gasteiger partial charge on any atom is -0.446 e. The van der Waals surface area contributed by atoms with E-state index in [1.54, 1.807) is 19.4 Å². The molecule has 1 aliphatic rings. The third kappa shape index (κ3) is 3.70. The summed E-state index contributed by atoms with van der Waals surface area (Å²) in [5, 5.41) is 21.7. The van der Waals surface area contributed by atoms with Crippen molar-refractivity contribution < 1.29 is 14.6 Å². The first kappa shape index (κ1) is 19.4. The number of carbonyl (C=O) groups is 1. The number of ether oxygens (including phenoxy) is 1. The second-order valence-corrected chi connectivity index (χ2v) is 8.10. The molecule has 0 unspecified atom stereocenters. The number of hydrazine groups is 1. The van der Waals surface area contributed by atoms with Gasteiger partial charge in [0, 0.05) is 28.0 Å². The topological polar surface area (TPSA) is 103 Å². The number of amides is 1. The summed E-state index contributed by atoms with van der Waals surface area (Å²) in [7, 11) is 0. The van der Waals surface area contributed by atoms with Crippen LogP contribution < -0.4 is 5.43 Å². The van der Waals surface area contributed by atoms with Crippen molar-refractivity contribution in [1.82, 2.24) is 20.0 Å². The summed E-state index contributed by atoms with van der Waals surface area (Å²) in [6, 6.07) is 7.85. The number of benzene rings is 1. The smallest absolute Gasteiger partial charge is 0.422 e. The molecule has 0 fully saturated rings. The number of nitrogens with zero attached hydrogens (tertiary/aromatic N) is 4. The Bertz CT molecular complexity index is 1110. The molecule has 0 saturated carbocycles. The van der Waals surface area contributed by atoms with Crippen LogP contribution >= 0.6 is 11.3 Å². The van der Waals surface area contributed by atoms with Crippen LogP contribution in [-0.4, -0.2) is 31.9 Å². The molecule has 1 amide bonds. The van der Waals surface area contributed by atoms with Crippen molar-refractivity contribution >= 4 is 28.3 Å². The fourth-order valence-electron chi connectivity index (χ4n) is 3.66. The highest BCUT2D eigenvalue weighted by Gasteiger charge is 2.29. The van der Waals surface area contributed by atoms with E-state index >= 15 is 0 Å². The Morgan fingerprint density at radius 2 is 2.28 bits per heavy atom. The summed E-state index contributed by atoms with van der Waals surface area (Å²) in [6.45, 7) is 5.12. The number of fused-ring (bicyclic) bond motifs is 3. The Morgan fingerprint density at radius 3 is 3.00 bits per heavy atom. The average molecular weight is 411 g/mol. The molecule has 29 heavy (non-hydrogen) atoms. The lowest BCUT2D eigenvalue weighted by atomic mass is 10.1. The van der Waals surface area contributed by atoms with Crippen molar-refractivity contribution in [2.75, 3.05) is 0 Å². The number of aliphatic hydroxyl groups excluding tert-OH is 1. The summed E-state index contributed by atoms with van der Waals surface area (Å²) >= 11 is 1.50. The van der Waals surface area contributed by atoms with E-state index in [4.69, 9.17) is 4.74 Å². The molecular formula is C20H21N5O3S. The van der Waals surface area contributed by atoms with Crippen molar-refractivity contribution in [2.24, 2.45) is 0 Å². The largest absolute Gasteiger partial charge is 0.446 e. The van der Waals surface area contributed by atoms with E-state index in [9.17, 15) is 15.2 Å². The van der Waals surface area contributed by atoms with Gasteiger partial charge in [-0.15, -0.1) is 11.3 Å². The molecule has 8 nitrogen and oxygen atoms in total. The first-order valence-corrected chi connectivity index (χ1v) is 10.2. The Kier molecular flexibility index (Phi) is 5.24. The molecule has 0 bridgehead atoms. The van der Waals surface area contributed by atoms with E-state index < -0.39 is 6.09 Å². The zero-order chi connectivity index (χ0) is 20.5. The monoisotopic (exact) mass is 411 g/mol. The van der Waals surface area contributed by atoms with Crippen molar-refractivity contribution in [3.05, 3.63) is 51.1 Å². The van der Waals surface area contributed by atoms with Crippen molar-refractivity contribution in [3.8, 4) is 6.07 Å². The van der Waals surface area contributed by atoms with Gasteiger partial charge >= 0.3 is 6.09 Å². The maximum Gasteiger partial charge on any atom is 0.422 e. The van der Waals surface area contributed by atoms with Gasteiger partial charge in [-0.05, 0) is 37.6 Å². The van der Waals surface area contributed by atoms with Gasteiger partial charge in [0.2, 0.25) is 0 Å². The fraction of sp³-hybridized carbons (Fsp3) is 0.350. The summed E-state index contributed by atoms with van der Waals surface area (Å²) in [5.41, 5.74) is 8.96. The Hall–Kier alpha value is -2.93. The lowest BCUT2D eigenvalue weighted by molar-refractivity contribution is 0.0812. The van der Waals surface area contributed by atoms with Crippen molar-refractivity contribution in [1.29, 1.82) is 5.26 Å². The van der Waals surface area contributed by atoms with Crippen molar-refractivity contribution in [3.63, 3.8) is 0 Å². The quantitative estimate of drug-likeness (QED) is 0.669. The summed E-state index contributed by atoms with van der Waals surface area (Å²) in [6.07, 6.45) is -0.681. The molecule has 1 aromatic carbocycles. The molecule has 0 aliphatic carbocycles. The maximum absolute atomic E-state index is 12.0. The van der Waals surface area contributed by atoms with Crippen LogP contribution in [0.4, 0.5) is 4.79 Å². The van der Waals surface area contributed by atoms with E-state index in [2.05, 4.69) is 21.0 Å². The minimum absolute atomic E-state index is 0.104. The number of nitrogens with one attached hydrogen (secondary N) is 1. The first-order valence-electron chi connectivity index (χ1n) is 9.28. The van der Waals surface area contributed by atoms with Gasteiger partial charge < -0.3 is 14.4 Å². The molecule has 0 radical (unpaired) electrons. The zero-order valence-electron chi connectivity index (χ0n) is 16.2. The van der Waals surface area contributed by atoms with E-state index in [0.717, 1.165) is 27.0 Å². The van der Waals surface area contributed by atoms with Crippen LogP contribution in [0.5, 0.6) is 0 Å². The van der Waals surface area contributed by atoms with Crippen LogP contribution in [0.1, 0.15) is 41.2 Å². The molecule has 0 saturated heterocycles. The van der Waals surface area contributed by atoms with Gasteiger partial charge in [0.05, 0.1) is 48.6 Å². The molecule has 3 aromatic rings. The van der Waals surface area contributed by atoms with Gasteiger partial charge in [0.25, 0.3) is 0 Å². The van der Waals surface area contributed by atoms with Crippen molar-refractivity contribution in [2.45, 2.75) is 46.2 Å². The molecule has 4 rings (SSSR count). The SMILES string of the molecule is CC(C)OC(=O)NN1Cc2c(n(Cc3scnc3CO)c3ccc(C#N)cc23)C1. The van der Waals surface area contributed by atoms with Gasteiger partial charge in [-0.3, -0.25) is 5.43 Å². The number of hydrogen-bond donors (Lipinski definition) is 2. The Balaban J connectivity index is 1.70. The molecule has 1 aliphatic heterocycles. The Labute approximate surface area is 171 Å². The second kappa shape index (κ2) is 7.83. The molecule has 2 aromatic heterocycles. The van der Waals surface area contributed by atoms with E-state index in [1.165, 1.54) is 11.3 Å². The molecule has 9 heteroatoms. The fourth-order valence-corrected chi connectivity index (χ4v) is 4.42. The van der Waals surface area contributed by atoms with Crippen LogP contribution in [-0.2, 0) is 31.0 Å². The lowest BCUT2D eigenvalue weighted by Crippen LogP contribution is -2.40. The number of nitriles is 1. The highest BCUT2D eigenvalue weighted by atomic mass is 32.1. The Morgan fingerprint density at radius 1 is 1.45 bits per heavy atom. The van der Waals surface area contributed by atoms with E-state index in [0.29, 0.717) is 30.9 Å². The lowest BCUT2D eigenvalue weighted by Gasteiger charge is -2.19. The van der Waals surface area contributed by atoms with Gasteiger partial charge in [-0.1, -0.05) is 0 Å². The average Bonchev–Trinajstić information content (AvgIpc) is 3.36. The highest BCUT2D eigenvalue weighted by molar-refractivity contribution is 7.09. The third-order valence-corrected chi connectivity index (χ3v) is 5.73. The van der Waals surface area contributed by atoms with E-state index in [1.807, 2.05) is 23.2 Å². The van der Waals surface area contributed by atoms with Gasteiger partial charge in [-0.2, -0.15) is 5.26 Å². The molecular weight excluding hydrogens is 390 g/mol. The molecule has 0 spiro atoms. The minimum atomic E-state index is -0.483.